The number of methoxy groups -OCH3 is 1. The highest BCUT2D eigenvalue weighted by Crippen LogP contribution is 2.20. The Morgan fingerprint density at radius 1 is 1.11 bits per heavy atom. The number of halogens is 1. The molecule has 0 atom stereocenters. The van der Waals surface area contributed by atoms with Crippen LogP contribution in [-0.2, 0) is 0 Å². The number of ether oxygens (including phenoxy) is 1. The highest BCUT2D eigenvalue weighted by atomic mass is 127. The Morgan fingerprint density at radius 2 is 1.74 bits per heavy atom. The van der Waals surface area contributed by atoms with Gasteiger partial charge >= 0.3 is 0 Å². The minimum Gasteiger partial charge on any atom is -0.497 e. The van der Waals surface area contributed by atoms with Crippen molar-refractivity contribution >= 4 is 34.2 Å². The van der Waals surface area contributed by atoms with Gasteiger partial charge in [0, 0.05) is 3.57 Å². The van der Waals surface area contributed by atoms with E-state index in [-0.39, 0.29) is 0 Å². The Kier molecular flexibility index (Phi) is 4.58. The Morgan fingerprint density at radius 3 is 2.26 bits per heavy atom. The minimum absolute atomic E-state index is 0.654. The molecule has 94 valence electrons. The van der Waals surface area contributed by atoms with Crippen molar-refractivity contribution in [3.05, 3.63) is 63.2 Å². The zero-order chi connectivity index (χ0) is 13.7. The van der Waals surface area contributed by atoms with Crippen molar-refractivity contribution in [2.24, 2.45) is 0 Å². The van der Waals surface area contributed by atoms with Crippen LogP contribution in [-0.4, -0.2) is 7.11 Å². The molecule has 0 amide bonds. The fourth-order valence-electron chi connectivity index (χ4n) is 1.68. The number of hydrogen-bond acceptors (Lipinski definition) is 2. The lowest BCUT2D eigenvalue weighted by Crippen LogP contribution is -1.84. The van der Waals surface area contributed by atoms with E-state index < -0.39 is 0 Å². The van der Waals surface area contributed by atoms with E-state index in [0.29, 0.717) is 5.57 Å². The maximum atomic E-state index is 9.27. The van der Waals surface area contributed by atoms with Crippen LogP contribution in [0.2, 0.25) is 0 Å². The van der Waals surface area contributed by atoms with Gasteiger partial charge in [0.15, 0.2) is 0 Å². The summed E-state index contributed by atoms with van der Waals surface area (Å²) in [4.78, 5) is 0. The lowest BCUT2D eigenvalue weighted by molar-refractivity contribution is 0.415. The first-order chi connectivity index (χ1) is 9.22. The molecule has 2 aromatic rings. The van der Waals surface area contributed by atoms with Gasteiger partial charge in [-0.1, -0.05) is 24.3 Å². The van der Waals surface area contributed by atoms with Gasteiger partial charge in [0.25, 0.3) is 0 Å². The summed E-state index contributed by atoms with van der Waals surface area (Å²) in [6, 6.07) is 17.8. The van der Waals surface area contributed by atoms with Gasteiger partial charge in [-0.05, 0) is 64.1 Å². The van der Waals surface area contributed by atoms with Crippen LogP contribution < -0.4 is 4.74 Å². The molecule has 0 spiro atoms. The number of benzene rings is 2. The summed E-state index contributed by atoms with van der Waals surface area (Å²) in [5.74, 6) is 0.810. The summed E-state index contributed by atoms with van der Waals surface area (Å²) in [5.41, 5.74) is 2.57. The quantitative estimate of drug-likeness (QED) is 0.462. The molecular formula is C16H12INO. The third kappa shape index (κ3) is 3.58. The number of nitriles is 1. The predicted octanol–water partition coefficient (Wildman–Crippen LogP) is 4.36. The Hall–Kier alpha value is -1.80. The second kappa shape index (κ2) is 6.39. The van der Waals surface area contributed by atoms with Gasteiger partial charge in [-0.25, -0.2) is 0 Å². The molecule has 0 saturated carbocycles. The first-order valence-corrected chi connectivity index (χ1v) is 6.82. The van der Waals surface area contributed by atoms with Crippen molar-refractivity contribution in [3.63, 3.8) is 0 Å². The second-order valence-electron chi connectivity index (χ2n) is 3.95. The lowest BCUT2D eigenvalue weighted by atomic mass is 10.0. The molecule has 0 aromatic heterocycles. The first-order valence-electron chi connectivity index (χ1n) is 5.75. The molecule has 2 nitrogen and oxygen atoms in total. The molecule has 0 aliphatic rings. The van der Waals surface area contributed by atoms with Crippen molar-refractivity contribution in [1.82, 2.24) is 0 Å². The zero-order valence-corrected chi connectivity index (χ0v) is 12.6. The van der Waals surface area contributed by atoms with E-state index >= 15 is 0 Å². The molecular weight excluding hydrogens is 349 g/mol. The number of rotatable bonds is 3. The van der Waals surface area contributed by atoms with Crippen LogP contribution >= 0.6 is 22.6 Å². The van der Waals surface area contributed by atoms with E-state index in [1.807, 2.05) is 54.6 Å². The summed E-state index contributed by atoms with van der Waals surface area (Å²) < 4.78 is 6.27. The van der Waals surface area contributed by atoms with Gasteiger partial charge in [0.2, 0.25) is 0 Å². The van der Waals surface area contributed by atoms with E-state index in [2.05, 4.69) is 28.7 Å². The monoisotopic (exact) mass is 361 g/mol. The molecule has 0 unspecified atom stereocenters. The van der Waals surface area contributed by atoms with Crippen LogP contribution in [0.5, 0.6) is 5.75 Å². The molecule has 0 fully saturated rings. The van der Waals surface area contributed by atoms with Crippen LogP contribution in [0.15, 0.2) is 48.5 Å². The van der Waals surface area contributed by atoms with Gasteiger partial charge in [0.1, 0.15) is 5.75 Å². The van der Waals surface area contributed by atoms with E-state index in [1.165, 1.54) is 0 Å². The maximum absolute atomic E-state index is 9.27. The molecule has 2 aromatic carbocycles. The third-order valence-electron chi connectivity index (χ3n) is 2.70. The molecule has 0 aliphatic carbocycles. The van der Waals surface area contributed by atoms with Crippen LogP contribution in [0, 0.1) is 14.9 Å². The van der Waals surface area contributed by atoms with Crippen molar-refractivity contribution in [3.8, 4) is 11.8 Å². The smallest absolute Gasteiger partial charge is 0.118 e. The summed E-state index contributed by atoms with van der Waals surface area (Å²) in [6.07, 6.45) is 1.88. The van der Waals surface area contributed by atoms with Gasteiger partial charge in [-0.3, -0.25) is 0 Å². The second-order valence-corrected chi connectivity index (χ2v) is 5.20. The largest absolute Gasteiger partial charge is 0.497 e. The first kappa shape index (κ1) is 13.6. The molecule has 0 N–H and O–H groups in total. The average molecular weight is 361 g/mol. The third-order valence-corrected chi connectivity index (χ3v) is 3.42. The van der Waals surface area contributed by atoms with Gasteiger partial charge in [-0.15, -0.1) is 0 Å². The fraction of sp³-hybridized carbons (Fsp3) is 0.0625. The summed E-state index contributed by atoms with van der Waals surface area (Å²) in [7, 11) is 1.64. The Balaban J connectivity index is 2.33. The lowest BCUT2D eigenvalue weighted by Gasteiger charge is -2.02. The van der Waals surface area contributed by atoms with Crippen molar-refractivity contribution in [2.45, 2.75) is 0 Å². The van der Waals surface area contributed by atoms with Gasteiger partial charge < -0.3 is 4.74 Å². The molecule has 0 aliphatic heterocycles. The van der Waals surface area contributed by atoms with Crippen molar-refractivity contribution in [2.75, 3.05) is 7.11 Å². The average Bonchev–Trinajstić information content (AvgIpc) is 2.46. The van der Waals surface area contributed by atoms with Crippen LogP contribution in [0.4, 0.5) is 0 Å². The fourth-order valence-corrected chi connectivity index (χ4v) is 2.04. The Bertz CT molecular complexity index is 621. The van der Waals surface area contributed by atoms with Gasteiger partial charge in [0.05, 0.1) is 18.8 Å². The van der Waals surface area contributed by atoms with Crippen LogP contribution in [0.1, 0.15) is 11.1 Å². The molecule has 0 bridgehead atoms. The predicted molar refractivity (Wildman–Crippen MR) is 85.6 cm³/mol. The minimum atomic E-state index is 0.654. The maximum Gasteiger partial charge on any atom is 0.118 e. The standard InChI is InChI=1S/C16H12INO/c1-19-16-8-2-12(3-9-16)10-14(11-18)13-4-6-15(17)7-5-13/h2-10H,1H3/b14-10-. The van der Waals surface area contributed by atoms with E-state index in [0.717, 1.165) is 20.4 Å². The van der Waals surface area contributed by atoms with E-state index in [4.69, 9.17) is 4.74 Å². The number of hydrogen-bond donors (Lipinski definition) is 0. The molecule has 0 radical (unpaired) electrons. The molecule has 2 rings (SSSR count). The number of allylic oxidation sites excluding steroid dienone is 1. The zero-order valence-electron chi connectivity index (χ0n) is 10.4. The Labute approximate surface area is 126 Å². The van der Waals surface area contributed by atoms with Gasteiger partial charge in [-0.2, -0.15) is 5.26 Å². The molecule has 19 heavy (non-hydrogen) atoms. The van der Waals surface area contributed by atoms with E-state index in [9.17, 15) is 5.26 Å². The molecule has 0 saturated heterocycles. The number of nitrogens with zero attached hydrogens (tertiary/aromatic N) is 1. The topological polar surface area (TPSA) is 33.0 Å². The summed E-state index contributed by atoms with van der Waals surface area (Å²) in [5, 5.41) is 9.27. The summed E-state index contributed by atoms with van der Waals surface area (Å²) in [6.45, 7) is 0. The highest BCUT2D eigenvalue weighted by molar-refractivity contribution is 14.1. The normalized spacial score (nSPS) is 10.9. The van der Waals surface area contributed by atoms with Crippen molar-refractivity contribution < 1.29 is 4.74 Å². The van der Waals surface area contributed by atoms with E-state index in [1.54, 1.807) is 7.11 Å². The SMILES string of the molecule is COc1ccc(/C=C(/C#N)c2ccc(I)cc2)cc1. The van der Waals surface area contributed by atoms with Crippen LogP contribution in [0.25, 0.3) is 11.6 Å². The highest BCUT2D eigenvalue weighted by Gasteiger charge is 2.01. The van der Waals surface area contributed by atoms with Crippen LogP contribution in [0.3, 0.4) is 0 Å². The molecule has 3 heteroatoms. The summed E-state index contributed by atoms with van der Waals surface area (Å²) >= 11 is 2.25. The van der Waals surface area contributed by atoms with Crippen molar-refractivity contribution in [1.29, 1.82) is 5.26 Å². The molecule has 0 heterocycles.